The number of carbonyl (C=O) groups is 1. The monoisotopic (exact) mass is 318 g/mol. The highest BCUT2D eigenvalue weighted by Gasteiger charge is 2.07. The minimum Gasteiger partial charge on any atom is -0.457 e. The van der Waals surface area contributed by atoms with E-state index in [9.17, 15) is 4.79 Å². The average Bonchev–Trinajstić information content (AvgIpc) is 2.61. The Kier molecular flexibility index (Phi) is 4.92. The first kappa shape index (κ1) is 15.8. The van der Waals surface area contributed by atoms with Gasteiger partial charge in [-0.05, 0) is 48.9 Å². The molecule has 0 amide bonds. The number of hydrogen-bond acceptors (Lipinski definition) is 3. The van der Waals surface area contributed by atoms with Gasteiger partial charge in [-0.3, -0.25) is 0 Å². The summed E-state index contributed by atoms with van der Waals surface area (Å²) in [6.07, 6.45) is 0. The summed E-state index contributed by atoms with van der Waals surface area (Å²) in [5, 5.41) is 0. The van der Waals surface area contributed by atoms with Gasteiger partial charge in [0.05, 0.1) is 5.56 Å². The maximum absolute atomic E-state index is 12.1. The second kappa shape index (κ2) is 7.47. The maximum Gasteiger partial charge on any atom is 0.338 e. The summed E-state index contributed by atoms with van der Waals surface area (Å²) in [4.78, 5) is 12.1. The molecule has 3 rings (SSSR count). The van der Waals surface area contributed by atoms with E-state index in [1.54, 1.807) is 12.1 Å². The highest BCUT2D eigenvalue weighted by molar-refractivity contribution is 5.89. The van der Waals surface area contributed by atoms with Crippen molar-refractivity contribution in [3.63, 3.8) is 0 Å². The SMILES string of the molecule is Cc1ccc(C(=O)OCc2cccc(Oc3ccccc3)c2)cc1. The Labute approximate surface area is 141 Å². The zero-order chi connectivity index (χ0) is 16.8. The molecule has 0 saturated carbocycles. The van der Waals surface area contributed by atoms with Crippen molar-refractivity contribution >= 4 is 5.97 Å². The molecule has 0 aliphatic carbocycles. The molecule has 0 unspecified atom stereocenters. The van der Waals surface area contributed by atoms with Crippen molar-refractivity contribution in [3.8, 4) is 11.5 Å². The molecule has 0 N–H and O–H groups in total. The molecule has 120 valence electrons. The van der Waals surface area contributed by atoms with Crippen LogP contribution in [0.1, 0.15) is 21.5 Å². The number of hydrogen-bond donors (Lipinski definition) is 0. The third kappa shape index (κ3) is 4.23. The highest BCUT2D eigenvalue weighted by atomic mass is 16.5. The first-order valence-electron chi connectivity index (χ1n) is 7.76. The van der Waals surface area contributed by atoms with Gasteiger partial charge in [0.1, 0.15) is 18.1 Å². The molecule has 0 spiro atoms. The molecule has 3 heteroatoms. The van der Waals surface area contributed by atoms with Crippen molar-refractivity contribution in [1.29, 1.82) is 0 Å². The second-order valence-corrected chi connectivity index (χ2v) is 5.50. The van der Waals surface area contributed by atoms with Crippen LogP contribution in [-0.4, -0.2) is 5.97 Å². The molecule has 3 aromatic rings. The molecule has 0 heterocycles. The van der Waals surface area contributed by atoms with Crippen LogP contribution in [-0.2, 0) is 11.3 Å². The van der Waals surface area contributed by atoms with E-state index in [4.69, 9.17) is 9.47 Å². The van der Waals surface area contributed by atoms with Gasteiger partial charge >= 0.3 is 5.97 Å². The summed E-state index contributed by atoms with van der Waals surface area (Å²) < 4.78 is 11.1. The lowest BCUT2D eigenvalue weighted by Gasteiger charge is -2.08. The van der Waals surface area contributed by atoms with Gasteiger partial charge in [0.15, 0.2) is 0 Å². The van der Waals surface area contributed by atoms with Crippen LogP contribution in [0.3, 0.4) is 0 Å². The topological polar surface area (TPSA) is 35.5 Å². The van der Waals surface area contributed by atoms with E-state index in [0.717, 1.165) is 16.9 Å². The Hall–Kier alpha value is -3.07. The van der Waals surface area contributed by atoms with Gasteiger partial charge in [-0.25, -0.2) is 4.79 Å². The molecule has 0 saturated heterocycles. The van der Waals surface area contributed by atoms with Crippen molar-refractivity contribution in [1.82, 2.24) is 0 Å². The van der Waals surface area contributed by atoms with Crippen molar-refractivity contribution < 1.29 is 14.3 Å². The van der Waals surface area contributed by atoms with Crippen molar-refractivity contribution in [2.45, 2.75) is 13.5 Å². The van der Waals surface area contributed by atoms with E-state index >= 15 is 0 Å². The predicted molar refractivity (Wildman–Crippen MR) is 93.3 cm³/mol. The molecule has 0 aliphatic heterocycles. The summed E-state index contributed by atoms with van der Waals surface area (Å²) in [5.41, 5.74) is 2.54. The summed E-state index contributed by atoms with van der Waals surface area (Å²) in [6, 6.07) is 24.4. The van der Waals surface area contributed by atoms with Crippen molar-refractivity contribution in [2.24, 2.45) is 0 Å². The summed E-state index contributed by atoms with van der Waals surface area (Å²) in [5.74, 6) is 1.15. The first-order valence-corrected chi connectivity index (χ1v) is 7.76. The van der Waals surface area contributed by atoms with Crippen LogP contribution in [0.15, 0.2) is 78.9 Å². The molecule has 0 radical (unpaired) electrons. The van der Waals surface area contributed by atoms with Crippen LogP contribution in [0.25, 0.3) is 0 Å². The van der Waals surface area contributed by atoms with Crippen LogP contribution in [0, 0.1) is 6.92 Å². The lowest BCUT2D eigenvalue weighted by Crippen LogP contribution is -2.05. The summed E-state index contributed by atoms with van der Waals surface area (Å²) in [7, 11) is 0. The fourth-order valence-corrected chi connectivity index (χ4v) is 2.25. The van der Waals surface area contributed by atoms with Crippen LogP contribution < -0.4 is 4.74 Å². The van der Waals surface area contributed by atoms with Crippen molar-refractivity contribution in [2.75, 3.05) is 0 Å². The number of benzene rings is 3. The Morgan fingerprint density at radius 3 is 2.29 bits per heavy atom. The average molecular weight is 318 g/mol. The number of aryl methyl sites for hydroxylation is 1. The lowest BCUT2D eigenvalue weighted by atomic mass is 10.1. The minimum absolute atomic E-state index is 0.207. The van der Waals surface area contributed by atoms with E-state index in [1.807, 2.05) is 73.7 Å². The molecule has 3 nitrogen and oxygen atoms in total. The highest BCUT2D eigenvalue weighted by Crippen LogP contribution is 2.22. The Morgan fingerprint density at radius 1 is 0.833 bits per heavy atom. The van der Waals surface area contributed by atoms with Crippen LogP contribution >= 0.6 is 0 Å². The van der Waals surface area contributed by atoms with Gasteiger partial charge in [-0.1, -0.05) is 48.0 Å². The third-order valence-electron chi connectivity index (χ3n) is 3.53. The molecule has 0 fully saturated rings. The number of esters is 1. The molecule has 0 bridgehead atoms. The Morgan fingerprint density at radius 2 is 1.54 bits per heavy atom. The van der Waals surface area contributed by atoms with E-state index in [-0.39, 0.29) is 12.6 Å². The van der Waals surface area contributed by atoms with Gasteiger partial charge in [0.25, 0.3) is 0 Å². The van der Waals surface area contributed by atoms with Gasteiger partial charge in [-0.2, -0.15) is 0 Å². The molecule has 3 aromatic carbocycles. The smallest absolute Gasteiger partial charge is 0.338 e. The largest absolute Gasteiger partial charge is 0.457 e. The van der Waals surface area contributed by atoms with E-state index in [0.29, 0.717) is 11.3 Å². The van der Waals surface area contributed by atoms with Crippen molar-refractivity contribution in [3.05, 3.63) is 95.6 Å². The lowest BCUT2D eigenvalue weighted by molar-refractivity contribution is 0.0472. The molecular weight excluding hydrogens is 300 g/mol. The number of para-hydroxylation sites is 1. The quantitative estimate of drug-likeness (QED) is 0.611. The van der Waals surface area contributed by atoms with Gasteiger partial charge in [0, 0.05) is 0 Å². The Balaban J connectivity index is 1.62. The Bertz CT molecular complexity index is 808. The number of rotatable bonds is 5. The summed E-state index contributed by atoms with van der Waals surface area (Å²) >= 11 is 0. The minimum atomic E-state index is -0.329. The summed E-state index contributed by atoms with van der Waals surface area (Å²) in [6.45, 7) is 2.19. The molecular formula is C21H18O3. The second-order valence-electron chi connectivity index (χ2n) is 5.50. The van der Waals surface area contributed by atoms with Crippen LogP contribution in [0.5, 0.6) is 11.5 Å². The molecule has 24 heavy (non-hydrogen) atoms. The zero-order valence-electron chi connectivity index (χ0n) is 13.4. The third-order valence-corrected chi connectivity index (χ3v) is 3.53. The standard InChI is InChI=1S/C21H18O3/c1-16-10-12-18(13-11-16)21(22)23-15-17-6-5-9-20(14-17)24-19-7-3-2-4-8-19/h2-14H,15H2,1H3. The van der Waals surface area contributed by atoms with Crippen LogP contribution in [0.4, 0.5) is 0 Å². The van der Waals surface area contributed by atoms with Gasteiger partial charge in [-0.15, -0.1) is 0 Å². The van der Waals surface area contributed by atoms with E-state index < -0.39 is 0 Å². The number of ether oxygens (including phenoxy) is 2. The molecule has 0 atom stereocenters. The van der Waals surface area contributed by atoms with E-state index in [1.165, 1.54) is 0 Å². The fraction of sp³-hybridized carbons (Fsp3) is 0.0952. The number of carbonyl (C=O) groups excluding carboxylic acids is 1. The molecule has 0 aliphatic rings. The zero-order valence-corrected chi connectivity index (χ0v) is 13.4. The normalized spacial score (nSPS) is 10.2. The first-order chi connectivity index (χ1) is 11.7. The fourth-order valence-electron chi connectivity index (χ4n) is 2.25. The molecule has 0 aromatic heterocycles. The van der Waals surface area contributed by atoms with E-state index in [2.05, 4.69) is 0 Å². The predicted octanol–water partition coefficient (Wildman–Crippen LogP) is 5.14. The van der Waals surface area contributed by atoms with Gasteiger partial charge < -0.3 is 9.47 Å². The van der Waals surface area contributed by atoms with Crippen LogP contribution in [0.2, 0.25) is 0 Å². The maximum atomic E-state index is 12.1. The van der Waals surface area contributed by atoms with Gasteiger partial charge in [0.2, 0.25) is 0 Å².